The first-order chi connectivity index (χ1) is 16.8. The van der Waals surface area contributed by atoms with Gasteiger partial charge in [0, 0.05) is 0 Å². The molecule has 206 valence electrons. The molecule has 0 aliphatic heterocycles. The molecule has 3 aromatic carbocycles. The summed E-state index contributed by atoms with van der Waals surface area (Å²) in [6.07, 6.45) is -7.13. The molecular formula is C22H17F9I2O3S. The molecule has 3 rings (SSSR count). The third kappa shape index (κ3) is 6.19. The van der Waals surface area contributed by atoms with Gasteiger partial charge in [0.25, 0.3) is 0 Å². The minimum atomic E-state index is -7.37. The van der Waals surface area contributed by atoms with E-state index in [0.717, 1.165) is 0 Å². The van der Waals surface area contributed by atoms with E-state index in [1.54, 1.807) is 0 Å². The zero-order chi connectivity index (χ0) is 28.3. The fourth-order valence-electron chi connectivity index (χ4n) is 2.76. The first kappa shape index (κ1) is 31.6. The predicted molar refractivity (Wildman–Crippen MR) is 137 cm³/mol. The number of benzene rings is 3. The van der Waals surface area contributed by atoms with Gasteiger partial charge < -0.3 is 0 Å². The molecule has 0 aromatic heterocycles. The fourth-order valence-corrected chi connectivity index (χ4v) is 16.0. The van der Waals surface area contributed by atoms with E-state index in [1.807, 2.05) is 0 Å². The molecule has 0 saturated carbocycles. The van der Waals surface area contributed by atoms with Crippen LogP contribution in [-0.2, 0) is 10.1 Å². The van der Waals surface area contributed by atoms with Crippen molar-refractivity contribution in [2.24, 2.45) is 0 Å². The molecule has 0 amide bonds. The quantitative estimate of drug-likeness (QED) is 0.157. The molecular weight excluding hydrogens is 769 g/mol. The minimum Gasteiger partial charge on any atom is -0.281 e. The molecule has 0 heterocycles. The van der Waals surface area contributed by atoms with Gasteiger partial charge in [0.05, 0.1) is 0 Å². The molecule has 0 fully saturated rings. The van der Waals surface area contributed by atoms with E-state index < -0.39 is 47.9 Å². The van der Waals surface area contributed by atoms with Crippen molar-refractivity contribution in [1.29, 1.82) is 0 Å². The topological polar surface area (TPSA) is 54.4 Å². The monoisotopic (exact) mass is 786 g/mol. The first-order valence-electron chi connectivity index (χ1n) is 9.67. The number of alkyl halides is 9. The number of rotatable bonds is 6. The summed E-state index contributed by atoms with van der Waals surface area (Å²) in [6, 6.07) is 32.9. The Hall–Kier alpha value is -1.60. The Morgan fingerprint density at radius 3 is 1.05 bits per heavy atom. The number of halogens is 11. The molecule has 15 heteroatoms. The molecule has 0 aliphatic carbocycles. The second-order valence-corrected chi connectivity index (χ2v) is 24.5. The van der Waals surface area contributed by atoms with Crippen LogP contribution in [0.4, 0.5) is 39.5 Å². The maximum absolute atomic E-state index is 12.2. The molecule has 1 N–H and O–H groups in total. The van der Waals surface area contributed by atoms with Crippen molar-refractivity contribution in [3.05, 3.63) is 102 Å². The van der Waals surface area contributed by atoms with E-state index in [0.29, 0.717) is 0 Å². The van der Waals surface area contributed by atoms with Gasteiger partial charge in [0.15, 0.2) is 0 Å². The van der Waals surface area contributed by atoms with Gasteiger partial charge in [-0.1, -0.05) is 0 Å². The van der Waals surface area contributed by atoms with Crippen LogP contribution in [0.15, 0.2) is 91.0 Å². The van der Waals surface area contributed by atoms with Gasteiger partial charge in [-0.3, -0.25) is 4.55 Å². The predicted octanol–water partition coefficient (Wildman–Crippen LogP) is 8.02. The summed E-state index contributed by atoms with van der Waals surface area (Å²) < 4.78 is 138. The minimum absolute atomic E-state index is 1.49. The molecule has 0 atom stereocenters. The molecule has 3 nitrogen and oxygen atoms in total. The molecule has 0 unspecified atom stereocenters. The summed E-state index contributed by atoms with van der Waals surface area (Å²) in [5.74, 6) is -14.7. The van der Waals surface area contributed by atoms with E-state index in [-0.39, 0.29) is 0 Å². The van der Waals surface area contributed by atoms with Crippen LogP contribution >= 0.6 is 33.1 Å². The Morgan fingerprint density at radius 2 is 0.838 bits per heavy atom. The van der Waals surface area contributed by atoms with Crippen LogP contribution in [0.25, 0.3) is 0 Å². The van der Waals surface area contributed by atoms with Gasteiger partial charge >= 0.3 is 168 Å². The van der Waals surface area contributed by atoms with Crippen LogP contribution in [-0.4, -0.2) is 36.2 Å². The van der Waals surface area contributed by atoms with Gasteiger partial charge in [-0.25, -0.2) is 0 Å². The molecule has 0 radical (unpaired) electrons. The van der Waals surface area contributed by atoms with Crippen LogP contribution in [0.3, 0.4) is 0 Å². The van der Waals surface area contributed by atoms with Crippen LogP contribution in [0.5, 0.6) is 0 Å². The van der Waals surface area contributed by atoms with Crippen molar-refractivity contribution in [1.82, 2.24) is 0 Å². The first-order valence-corrected chi connectivity index (χ1v) is 21.4. The number of hydrogen-bond acceptors (Lipinski definition) is 2. The van der Waals surface area contributed by atoms with Crippen molar-refractivity contribution >= 4 is 43.2 Å². The standard InChI is InChI=1S/C18H16I2.C4HF9O3S/c19-20(16-10-4-1-5-11-16,17-12-6-2-7-13-17)18-14-8-3-9-15-18;5-1(6,3(9,10)11)2(7,8)4(12,13)17(14,15)16/h1-15,20H;(H,14,15,16). The zero-order valence-corrected chi connectivity index (χ0v) is 23.3. The van der Waals surface area contributed by atoms with Crippen molar-refractivity contribution in [3.63, 3.8) is 0 Å². The largest absolute Gasteiger partial charge is 0.460 e. The smallest absolute Gasteiger partial charge is 0.281 e. The van der Waals surface area contributed by atoms with Gasteiger partial charge in [-0.15, -0.1) is 0 Å². The van der Waals surface area contributed by atoms with E-state index in [9.17, 15) is 47.9 Å². The average Bonchev–Trinajstić information content (AvgIpc) is 2.84. The SMILES string of the molecule is I[IH](c1ccccc1)(c1ccccc1)c1ccccc1.O=S(=O)(O)C(F)(F)C(F)(F)C(F)(F)C(F)(F)F. The van der Waals surface area contributed by atoms with E-state index in [4.69, 9.17) is 4.55 Å². The normalized spacial score (nSPS) is 13.9. The maximum atomic E-state index is 12.2. The van der Waals surface area contributed by atoms with Crippen LogP contribution in [0.2, 0.25) is 0 Å². The molecule has 0 bridgehead atoms. The van der Waals surface area contributed by atoms with Crippen LogP contribution in [0.1, 0.15) is 0 Å². The summed E-state index contributed by atoms with van der Waals surface area (Å²) in [5.41, 5.74) is 0. The summed E-state index contributed by atoms with van der Waals surface area (Å²) in [4.78, 5) is 0. The molecule has 37 heavy (non-hydrogen) atoms. The molecule has 3 aromatic rings. The Kier molecular flexibility index (Phi) is 9.61. The molecule has 0 aliphatic rings. The van der Waals surface area contributed by atoms with Gasteiger partial charge in [-0.05, 0) is 0 Å². The number of hydrogen-bond donors (Lipinski definition) is 1. The summed E-state index contributed by atoms with van der Waals surface area (Å²) in [6.45, 7) is 0. The summed E-state index contributed by atoms with van der Waals surface area (Å²) >= 11 is 0.208. The second kappa shape index (κ2) is 11.3. The third-order valence-corrected chi connectivity index (χ3v) is 23.7. The van der Waals surface area contributed by atoms with Crippen LogP contribution in [0, 0.1) is 10.7 Å². The Labute approximate surface area is 219 Å². The third-order valence-electron chi connectivity index (χ3n) is 4.64. The summed E-state index contributed by atoms with van der Waals surface area (Å²) in [5, 5.41) is -7.00. The van der Waals surface area contributed by atoms with E-state index in [2.05, 4.69) is 110 Å². The van der Waals surface area contributed by atoms with E-state index >= 15 is 0 Å². The van der Waals surface area contributed by atoms with Gasteiger partial charge in [-0.2, -0.15) is 47.9 Å². The fraction of sp³-hybridized carbons (Fsp3) is 0.182. The molecule has 0 saturated heterocycles. The van der Waals surface area contributed by atoms with Crippen molar-refractivity contribution in [2.45, 2.75) is 23.3 Å². The second-order valence-electron chi connectivity index (χ2n) is 7.12. The van der Waals surface area contributed by atoms with Crippen molar-refractivity contribution < 1.29 is 52.5 Å². The van der Waals surface area contributed by atoms with E-state index in [1.165, 1.54) is 10.7 Å². The average molecular weight is 786 g/mol. The van der Waals surface area contributed by atoms with Crippen molar-refractivity contribution in [2.75, 3.05) is 0 Å². The summed E-state index contributed by atoms with van der Waals surface area (Å²) in [7, 11) is -7.17. The Balaban J connectivity index is 0.000000265. The Morgan fingerprint density at radius 1 is 0.568 bits per heavy atom. The van der Waals surface area contributed by atoms with Gasteiger partial charge in [0.1, 0.15) is 0 Å². The maximum Gasteiger partial charge on any atom is 0.460 e. The zero-order valence-electron chi connectivity index (χ0n) is 18.0. The van der Waals surface area contributed by atoms with Gasteiger partial charge in [0.2, 0.25) is 0 Å². The van der Waals surface area contributed by atoms with Crippen LogP contribution < -0.4 is 0 Å². The van der Waals surface area contributed by atoms with Crippen molar-refractivity contribution in [3.8, 4) is 0 Å². The Bertz CT molecular complexity index is 1180. The molecule has 0 spiro atoms.